The van der Waals surface area contributed by atoms with Gasteiger partial charge in [0, 0.05) is 50.5 Å². The summed E-state index contributed by atoms with van der Waals surface area (Å²) in [6.07, 6.45) is 10.0. The molecule has 0 aliphatic carbocycles. The second-order valence-electron chi connectivity index (χ2n) is 8.90. The number of carbonyl (C=O) groups excluding carboxylic acids is 1. The summed E-state index contributed by atoms with van der Waals surface area (Å²) in [5.74, 6) is 1.22. The van der Waals surface area contributed by atoms with Gasteiger partial charge in [-0.3, -0.25) is 19.6 Å². The Balaban J connectivity index is 1.26. The van der Waals surface area contributed by atoms with Gasteiger partial charge in [-0.15, -0.1) is 0 Å². The van der Waals surface area contributed by atoms with Crippen LogP contribution >= 0.6 is 0 Å². The maximum absolute atomic E-state index is 13.0. The Hall–Kier alpha value is -2.25. The van der Waals surface area contributed by atoms with Gasteiger partial charge < -0.3 is 9.88 Å². The zero-order chi connectivity index (χ0) is 20.9. The van der Waals surface area contributed by atoms with Gasteiger partial charge in [-0.2, -0.15) is 0 Å². The van der Waals surface area contributed by atoms with E-state index in [2.05, 4.69) is 36.9 Å². The Morgan fingerprint density at radius 1 is 1.20 bits per heavy atom. The molecule has 162 valence electrons. The number of rotatable bonds is 6. The van der Waals surface area contributed by atoms with E-state index in [1.807, 2.05) is 37.5 Å². The summed E-state index contributed by atoms with van der Waals surface area (Å²) in [4.78, 5) is 31.7. The lowest BCUT2D eigenvalue weighted by Gasteiger charge is -2.42. The Bertz CT molecular complexity index is 814. The van der Waals surface area contributed by atoms with Gasteiger partial charge in [0.15, 0.2) is 0 Å². The fourth-order valence-corrected chi connectivity index (χ4v) is 4.89. The molecule has 2 aliphatic heterocycles. The van der Waals surface area contributed by atoms with Crippen molar-refractivity contribution in [3.8, 4) is 0 Å². The summed E-state index contributed by atoms with van der Waals surface area (Å²) in [6.45, 7) is 7.82. The van der Waals surface area contributed by atoms with Crippen LogP contribution < -0.4 is 0 Å². The van der Waals surface area contributed by atoms with E-state index < -0.39 is 0 Å². The molecule has 2 aromatic heterocycles. The Kier molecular flexibility index (Phi) is 6.79. The number of aromatic nitrogens is 3. The molecule has 0 radical (unpaired) electrons. The molecule has 0 saturated carbocycles. The summed E-state index contributed by atoms with van der Waals surface area (Å²) in [5.41, 5.74) is 2.37. The van der Waals surface area contributed by atoms with E-state index in [9.17, 15) is 4.79 Å². The van der Waals surface area contributed by atoms with Gasteiger partial charge in [0.25, 0.3) is 0 Å². The first-order valence-electron chi connectivity index (χ1n) is 11.2. The molecule has 0 spiro atoms. The third-order valence-corrected chi connectivity index (χ3v) is 6.55. The molecular weight excluding hydrogens is 376 g/mol. The van der Waals surface area contributed by atoms with E-state index in [1.165, 1.54) is 18.4 Å². The van der Waals surface area contributed by atoms with Crippen LogP contribution in [0.1, 0.15) is 42.8 Å². The lowest BCUT2D eigenvalue weighted by molar-refractivity contribution is -0.137. The van der Waals surface area contributed by atoms with Crippen LogP contribution in [0.5, 0.6) is 0 Å². The van der Waals surface area contributed by atoms with Gasteiger partial charge >= 0.3 is 0 Å². The van der Waals surface area contributed by atoms with Gasteiger partial charge in [-0.1, -0.05) is 0 Å². The minimum atomic E-state index is 0.106. The zero-order valence-corrected chi connectivity index (χ0v) is 18.3. The van der Waals surface area contributed by atoms with Crippen molar-refractivity contribution in [1.82, 2.24) is 29.7 Å². The molecule has 0 unspecified atom stereocenters. The molecule has 7 heteroatoms. The fourth-order valence-electron chi connectivity index (χ4n) is 4.89. The first-order valence-corrected chi connectivity index (χ1v) is 11.2. The van der Waals surface area contributed by atoms with Gasteiger partial charge in [-0.25, -0.2) is 4.98 Å². The van der Waals surface area contributed by atoms with E-state index in [0.29, 0.717) is 12.6 Å². The summed E-state index contributed by atoms with van der Waals surface area (Å²) < 4.78 is 0. The van der Waals surface area contributed by atoms with Gasteiger partial charge in [0.2, 0.25) is 5.91 Å². The van der Waals surface area contributed by atoms with Crippen molar-refractivity contribution >= 4 is 5.91 Å². The second-order valence-corrected chi connectivity index (χ2v) is 8.90. The number of piperidine rings is 2. The van der Waals surface area contributed by atoms with E-state index >= 15 is 0 Å². The number of hydrogen-bond acceptors (Lipinski definition) is 5. The predicted octanol–water partition coefficient (Wildman–Crippen LogP) is 2.45. The molecule has 2 fully saturated rings. The SMILES string of the molecule is Cc1cnc(CN(C)C(=O)[C@H]2CCCN(C3CCN(Cc4ccncc4)CC3)C2)[nH]1. The summed E-state index contributed by atoms with van der Waals surface area (Å²) in [5, 5.41) is 0. The number of amides is 1. The van der Waals surface area contributed by atoms with Crippen molar-refractivity contribution in [1.29, 1.82) is 0 Å². The predicted molar refractivity (Wildman–Crippen MR) is 117 cm³/mol. The van der Waals surface area contributed by atoms with Gasteiger partial charge in [0.05, 0.1) is 12.5 Å². The molecule has 7 nitrogen and oxygen atoms in total. The minimum absolute atomic E-state index is 0.106. The van der Waals surface area contributed by atoms with Crippen LogP contribution in [0.15, 0.2) is 30.7 Å². The van der Waals surface area contributed by atoms with Crippen LogP contribution in [0.25, 0.3) is 0 Å². The lowest BCUT2D eigenvalue weighted by Crippen LogP contribution is -2.50. The molecule has 2 aliphatic rings. The Morgan fingerprint density at radius 3 is 2.67 bits per heavy atom. The molecule has 2 aromatic rings. The van der Waals surface area contributed by atoms with Crippen molar-refractivity contribution in [2.75, 3.05) is 33.2 Å². The molecule has 1 amide bonds. The number of carbonyl (C=O) groups is 1. The number of hydrogen-bond donors (Lipinski definition) is 1. The van der Waals surface area contributed by atoms with Gasteiger partial charge in [0.1, 0.15) is 5.82 Å². The molecule has 2 saturated heterocycles. The molecule has 4 rings (SSSR count). The van der Waals surface area contributed by atoms with E-state index in [1.54, 1.807) is 0 Å². The second kappa shape index (κ2) is 9.71. The topological polar surface area (TPSA) is 68.4 Å². The molecule has 0 aromatic carbocycles. The first kappa shape index (κ1) is 21.0. The summed E-state index contributed by atoms with van der Waals surface area (Å²) >= 11 is 0. The number of pyridine rings is 1. The van der Waals surface area contributed by atoms with Crippen LogP contribution in [0, 0.1) is 12.8 Å². The summed E-state index contributed by atoms with van der Waals surface area (Å²) in [7, 11) is 1.90. The van der Waals surface area contributed by atoms with Crippen molar-refractivity contribution < 1.29 is 4.79 Å². The van der Waals surface area contributed by atoms with Gasteiger partial charge in [-0.05, 0) is 69.9 Å². The maximum atomic E-state index is 13.0. The normalized spacial score (nSPS) is 21.6. The Labute approximate surface area is 179 Å². The van der Waals surface area contributed by atoms with Crippen molar-refractivity contribution in [3.63, 3.8) is 0 Å². The molecule has 1 N–H and O–H groups in total. The number of aromatic amines is 1. The largest absolute Gasteiger partial charge is 0.345 e. The summed E-state index contributed by atoms with van der Waals surface area (Å²) in [6, 6.07) is 4.81. The van der Waals surface area contributed by atoms with Crippen molar-refractivity contribution in [3.05, 3.63) is 47.8 Å². The molecular formula is C23H34N6O. The van der Waals surface area contributed by atoms with Crippen LogP contribution in [0.2, 0.25) is 0 Å². The van der Waals surface area contributed by atoms with Crippen LogP contribution in [0.4, 0.5) is 0 Å². The number of aryl methyl sites for hydroxylation is 1. The fraction of sp³-hybridized carbons (Fsp3) is 0.609. The molecule has 0 bridgehead atoms. The lowest BCUT2D eigenvalue weighted by atomic mass is 9.93. The number of nitrogens with one attached hydrogen (secondary N) is 1. The first-order chi connectivity index (χ1) is 14.6. The Morgan fingerprint density at radius 2 is 1.97 bits per heavy atom. The zero-order valence-electron chi connectivity index (χ0n) is 18.3. The third kappa shape index (κ3) is 5.26. The average molecular weight is 411 g/mol. The number of H-pyrrole nitrogens is 1. The van der Waals surface area contributed by atoms with Crippen LogP contribution in [-0.2, 0) is 17.9 Å². The van der Waals surface area contributed by atoms with Crippen molar-refractivity contribution in [2.24, 2.45) is 5.92 Å². The highest BCUT2D eigenvalue weighted by molar-refractivity contribution is 5.78. The average Bonchev–Trinajstić information content (AvgIpc) is 3.19. The third-order valence-electron chi connectivity index (χ3n) is 6.55. The van der Waals surface area contributed by atoms with Crippen LogP contribution in [-0.4, -0.2) is 74.8 Å². The number of imidazole rings is 1. The number of nitrogens with zero attached hydrogens (tertiary/aromatic N) is 5. The highest BCUT2D eigenvalue weighted by Crippen LogP contribution is 2.25. The standard InChI is InChI=1S/C23H34N6O/c1-18-14-25-22(26-18)17-27(2)23(30)20-4-3-11-29(16-20)21-7-12-28(13-8-21)15-19-5-9-24-10-6-19/h5-6,9-10,14,20-21H,3-4,7-8,11-13,15-17H2,1-2H3,(H,25,26)/t20-/m0/s1. The van der Waals surface area contributed by atoms with Crippen molar-refractivity contribution in [2.45, 2.75) is 51.7 Å². The molecule has 30 heavy (non-hydrogen) atoms. The molecule has 1 atom stereocenters. The van der Waals surface area contributed by atoms with E-state index in [0.717, 1.165) is 57.1 Å². The quantitative estimate of drug-likeness (QED) is 0.792. The minimum Gasteiger partial charge on any atom is -0.345 e. The monoisotopic (exact) mass is 410 g/mol. The number of likely N-dealkylation sites (tertiary alicyclic amines) is 2. The van der Waals surface area contributed by atoms with E-state index in [-0.39, 0.29) is 11.8 Å². The van der Waals surface area contributed by atoms with E-state index in [4.69, 9.17) is 0 Å². The molecule has 4 heterocycles. The van der Waals surface area contributed by atoms with Crippen LogP contribution in [0.3, 0.4) is 0 Å². The maximum Gasteiger partial charge on any atom is 0.227 e. The smallest absolute Gasteiger partial charge is 0.227 e. The highest BCUT2D eigenvalue weighted by Gasteiger charge is 2.33. The highest BCUT2D eigenvalue weighted by atomic mass is 16.2.